The molecule has 0 spiro atoms. The van der Waals surface area contributed by atoms with Crippen LogP contribution in [0.4, 0.5) is 0 Å². The minimum Gasteiger partial charge on any atom is -0.506 e. The van der Waals surface area contributed by atoms with Gasteiger partial charge in [-0.25, -0.2) is 15.1 Å². The first kappa shape index (κ1) is 14.7. The Bertz CT molecular complexity index is 619. The molecule has 0 aliphatic carbocycles. The molecule has 1 aromatic heterocycles. The monoisotopic (exact) mass is 401 g/mol. The van der Waals surface area contributed by atoms with Crippen LogP contribution in [0.2, 0.25) is 0 Å². The molecule has 1 aromatic carbocycles. The molecule has 9 heteroatoms. The van der Waals surface area contributed by atoms with E-state index >= 15 is 0 Å². The van der Waals surface area contributed by atoms with E-state index in [4.69, 9.17) is 0 Å². The molecule has 0 radical (unpaired) electrons. The predicted molar refractivity (Wildman–Crippen MR) is 79.3 cm³/mol. The minimum absolute atomic E-state index is 0.0420. The summed E-state index contributed by atoms with van der Waals surface area (Å²) in [6.07, 6.45) is 4.26. The van der Waals surface area contributed by atoms with Crippen molar-refractivity contribution < 1.29 is 9.90 Å². The number of carbonyl (C=O) groups excluding carboxylic acids is 1. The van der Waals surface area contributed by atoms with Crippen molar-refractivity contribution in [3.63, 3.8) is 0 Å². The van der Waals surface area contributed by atoms with Crippen LogP contribution in [0.5, 0.6) is 5.75 Å². The highest BCUT2D eigenvalue weighted by Gasteiger charge is 2.05. The van der Waals surface area contributed by atoms with Crippen molar-refractivity contribution in [1.29, 1.82) is 0 Å². The van der Waals surface area contributed by atoms with Gasteiger partial charge in [-0.2, -0.15) is 10.2 Å². The summed E-state index contributed by atoms with van der Waals surface area (Å²) in [6.45, 7) is 0.0420. The van der Waals surface area contributed by atoms with Crippen molar-refractivity contribution in [3.05, 3.63) is 39.3 Å². The average molecular weight is 403 g/mol. The van der Waals surface area contributed by atoms with Crippen LogP contribution in [-0.4, -0.2) is 32.0 Å². The number of rotatable bonds is 4. The zero-order chi connectivity index (χ0) is 14.5. The van der Waals surface area contributed by atoms with Crippen LogP contribution >= 0.6 is 31.9 Å². The maximum atomic E-state index is 11.5. The number of benzene rings is 1. The number of aromatic hydroxyl groups is 1. The minimum atomic E-state index is -0.316. The molecule has 2 N–H and O–H groups in total. The summed E-state index contributed by atoms with van der Waals surface area (Å²) in [4.78, 5) is 15.2. The first-order valence-corrected chi connectivity index (χ1v) is 6.97. The Morgan fingerprint density at radius 1 is 1.45 bits per heavy atom. The molecule has 1 amide bonds. The van der Waals surface area contributed by atoms with Crippen LogP contribution in [0, 0.1) is 0 Å². The summed E-state index contributed by atoms with van der Waals surface area (Å²) < 4.78 is 2.45. The van der Waals surface area contributed by atoms with Crippen LogP contribution in [0.3, 0.4) is 0 Å². The molecular formula is C11H9Br2N5O2. The van der Waals surface area contributed by atoms with Gasteiger partial charge in [0.2, 0.25) is 0 Å². The van der Waals surface area contributed by atoms with Gasteiger partial charge in [-0.3, -0.25) is 4.79 Å². The Labute approximate surface area is 131 Å². The first-order valence-electron chi connectivity index (χ1n) is 5.38. The lowest BCUT2D eigenvalue weighted by atomic mass is 10.2. The van der Waals surface area contributed by atoms with Crippen molar-refractivity contribution in [2.45, 2.75) is 6.54 Å². The topological polar surface area (TPSA) is 92.4 Å². The van der Waals surface area contributed by atoms with E-state index in [-0.39, 0.29) is 18.2 Å². The number of hydrogen-bond acceptors (Lipinski definition) is 5. The molecule has 0 atom stereocenters. The number of phenols is 1. The van der Waals surface area contributed by atoms with Gasteiger partial charge in [-0.05, 0) is 49.6 Å². The fourth-order valence-electron chi connectivity index (χ4n) is 1.34. The van der Waals surface area contributed by atoms with Crippen LogP contribution < -0.4 is 5.43 Å². The van der Waals surface area contributed by atoms with Gasteiger partial charge < -0.3 is 5.11 Å². The Balaban J connectivity index is 1.95. The predicted octanol–water partition coefficient (Wildman–Crippen LogP) is 1.66. The molecule has 7 nitrogen and oxygen atoms in total. The van der Waals surface area contributed by atoms with Crippen molar-refractivity contribution >= 4 is 44.0 Å². The Morgan fingerprint density at radius 3 is 2.75 bits per heavy atom. The zero-order valence-corrected chi connectivity index (χ0v) is 13.2. The van der Waals surface area contributed by atoms with Crippen LogP contribution in [0.1, 0.15) is 5.56 Å². The van der Waals surface area contributed by atoms with Gasteiger partial charge in [0.25, 0.3) is 5.91 Å². The first-order chi connectivity index (χ1) is 9.56. The van der Waals surface area contributed by atoms with Gasteiger partial charge in [0.05, 0.1) is 15.2 Å². The number of aromatic nitrogens is 3. The number of nitrogens with one attached hydrogen (secondary N) is 1. The maximum absolute atomic E-state index is 11.5. The van der Waals surface area contributed by atoms with E-state index < -0.39 is 0 Å². The second-order valence-corrected chi connectivity index (χ2v) is 5.43. The van der Waals surface area contributed by atoms with Crippen molar-refractivity contribution in [3.8, 4) is 5.75 Å². The fourth-order valence-corrected chi connectivity index (χ4v) is 2.56. The highest BCUT2D eigenvalue weighted by Crippen LogP contribution is 2.32. The van der Waals surface area contributed by atoms with E-state index in [9.17, 15) is 9.90 Å². The summed E-state index contributed by atoms with van der Waals surface area (Å²) >= 11 is 6.42. The van der Waals surface area contributed by atoms with Crippen LogP contribution in [-0.2, 0) is 11.3 Å². The van der Waals surface area contributed by atoms with E-state index in [0.717, 1.165) is 0 Å². The molecule has 0 saturated heterocycles. The van der Waals surface area contributed by atoms with Crippen LogP contribution in [0.15, 0.2) is 38.8 Å². The van der Waals surface area contributed by atoms with Gasteiger partial charge in [0.1, 0.15) is 24.9 Å². The molecule has 0 unspecified atom stereocenters. The summed E-state index contributed by atoms with van der Waals surface area (Å²) in [5, 5.41) is 17.2. The number of phenolic OH excluding ortho intramolecular Hbond substituents is 1. The van der Waals surface area contributed by atoms with Gasteiger partial charge in [-0.1, -0.05) is 0 Å². The molecule has 0 fully saturated rings. The Hall–Kier alpha value is -1.74. The quantitative estimate of drug-likeness (QED) is 0.600. The van der Waals surface area contributed by atoms with Crippen molar-refractivity contribution in [2.75, 3.05) is 0 Å². The number of hydrazone groups is 1. The molecule has 0 aliphatic heterocycles. The SMILES string of the molecule is O=C(Cn1cncn1)NN=Cc1cc(Br)c(O)c(Br)c1. The second-order valence-electron chi connectivity index (χ2n) is 3.72. The summed E-state index contributed by atoms with van der Waals surface area (Å²) in [5.41, 5.74) is 3.08. The number of nitrogens with zero attached hydrogens (tertiary/aromatic N) is 4. The van der Waals surface area contributed by atoms with E-state index in [1.807, 2.05) is 0 Å². The lowest BCUT2D eigenvalue weighted by molar-refractivity contribution is -0.121. The standard InChI is InChI=1S/C11H9Br2N5O2/c12-8-1-7(2-9(13)11(8)20)3-15-17-10(19)4-18-6-14-5-16-18/h1-3,5-6,20H,4H2,(H,17,19). The lowest BCUT2D eigenvalue weighted by Crippen LogP contribution is -2.23. The third kappa shape index (κ3) is 3.87. The molecule has 104 valence electrons. The number of hydrogen-bond donors (Lipinski definition) is 2. The van der Waals surface area contributed by atoms with E-state index in [1.165, 1.54) is 23.6 Å². The van der Waals surface area contributed by atoms with Gasteiger partial charge in [0, 0.05) is 0 Å². The number of carbonyl (C=O) groups is 1. The third-order valence-corrected chi connectivity index (χ3v) is 3.42. The summed E-state index contributed by atoms with van der Waals surface area (Å²) in [7, 11) is 0. The maximum Gasteiger partial charge on any atom is 0.261 e. The highest BCUT2D eigenvalue weighted by molar-refractivity contribution is 9.11. The Kier molecular flexibility index (Phi) is 4.85. The van der Waals surface area contributed by atoms with E-state index in [0.29, 0.717) is 14.5 Å². The zero-order valence-electron chi connectivity index (χ0n) is 9.99. The largest absolute Gasteiger partial charge is 0.506 e. The molecule has 20 heavy (non-hydrogen) atoms. The molecule has 1 heterocycles. The summed E-state index contributed by atoms with van der Waals surface area (Å²) in [5.74, 6) is -0.207. The van der Waals surface area contributed by atoms with E-state index in [1.54, 1.807) is 12.1 Å². The van der Waals surface area contributed by atoms with E-state index in [2.05, 4.69) is 52.5 Å². The number of amides is 1. The van der Waals surface area contributed by atoms with Gasteiger partial charge in [-0.15, -0.1) is 0 Å². The third-order valence-electron chi connectivity index (χ3n) is 2.21. The fraction of sp³-hybridized carbons (Fsp3) is 0.0909. The second kappa shape index (κ2) is 6.62. The molecule has 0 bridgehead atoms. The lowest BCUT2D eigenvalue weighted by Gasteiger charge is -2.02. The molecule has 0 saturated carbocycles. The van der Waals surface area contributed by atoms with Gasteiger partial charge >= 0.3 is 0 Å². The van der Waals surface area contributed by atoms with Gasteiger partial charge in [0.15, 0.2) is 0 Å². The Morgan fingerprint density at radius 2 is 2.15 bits per heavy atom. The summed E-state index contributed by atoms with van der Waals surface area (Å²) in [6, 6.07) is 3.35. The highest BCUT2D eigenvalue weighted by atomic mass is 79.9. The van der Waals surface area contributed by atoms with Crippen molar-refractivity contribution in [1.82, 2.24) is 20.2 Å². The molecule has 0 aliphatic rings. The molecule has 2 aromatic rings. The smallest absolute Gasteiger partial charge is 0.261 e. The number of halogens is 2. The molecular weight excluding hydrogens is 394 g/mol. The van der Waals surface area contributed by atoms with Crippen molar-refractivity contribution in [2.24, 2.45) is 5.10 Å². The average Bonchev–Trinajstić information content (AvgIpc) is 2.88. The molecule has 2 rings (SSSR count). The van der Waals surface area contributed by atoms with Crippen LogP contribution in [0.25, 0.3) is 0 Å². The normalized spacial score (nSPS) is 10.9.